The summed E-state index contributed by atoms with van der Waals surface area (Å²) in [4.78, 5) is 9.70. The molecule has 1 aliphatic rings. The van der Waals surface area contributed by atoms with Crippen molar-refractivity contribution in [1.29, 1.82) is 0 Å². The van der Waals surface area contributed by atoms with Crippen molar-refractivity contribution in [2.75, 3.05) is 19.7 Å². The maximum absolute atomic E-state index is 8.95. The molecular formula is C15H17N3OS. The number of benzene rings is 1. The average molecular weight is 287 g/mol. The highest BCUT2D eigenvalue weighted by Gasteiger charge is 2.22. The van der Waals surface area contributed by atoms with E-state index in [0.717, 1.165) is 43.0 Å². The molecule has 0 atom stereocenters. The van der Waals surface area contributed by atoms with Crippen LogP contribution in [0.3, 0.4) is 0 Å². The van der Waals surface area contributed by atoms with Crippen molar-refractivity contribution in [3.05, 3.63) is 34.8 Å². The molecule has 104 valence electrons. The van der Waals surface area contributed by atoms with E-state index in [-0.39, 0.29) is 6.61 Å². The first-order chi connectivity index (χ1) is 9.86. The lowest BCUT2D eigenvalue weighted by Crippen LogP contribution is -2.31. The maximum Gasteiger partial charge on any atom is 0.195 e. The number of aliphatic hydroxyl groups is 1. The Balaban J connectivity index is 1.76. The zero-order chi connectivity index (χ0) is 13.5. The third-order valence-electron chi connectivity index (χ3n) is 4.00. The molecule has 4 nitrogen and oxygen atoms in total. The molecule has 3 heterocycles. The minimum Gasteiger partial charge on any atom is -0.396 e. The lowest BCUT2D eigenvalue weighted by atomic mass is 10.1. The Hall–Kier alpha value is -1.43. The average Bonchev–Trinajstić information content (AvgIpc) is 2.99. The number of imidazole rings is 1. The lowest BCUT2D eigenvalue weighted by Gasteiger charge is -2.26. The van der Waals surface area contributed by atoms with Crippen LogP contribution in [0.15, 0.2) is 24.3 Å². The van der Waals surface area contributed by atoms with E-state index in [1.165, 1.54) is 16.1 Å². The molecule has 5 heteroatoms. The molecule has 0 radical (unpaired) electrons. The van der Waals surface area contributed by atoms with E-state index in [2.05, 4.69) is 27.5 Å². The zero-order valence-electron chi connectivity index (χ0n) is 11.2. The predicted octanol–water partition coefficient (Wildman–Crippen LogP) is 2.29. The van der Waals surface area contributed by atoms with Crippen LogP contribution in [0.1, 0.15) is 17.0 Å². The quantitative estimate of drug-likeness (QED) is 0.803. The van der Waals surface area contributed by atoms with Gasteiger partial charge in [-0.1, -0.05) is 23.5 Å². The lowest BCUT2D eigenvalue weighted by molar-refractivity contribution is 0.213. The molecule has 1 N–H and O–H groups in total. The third kappa shape index (κ3) is 1.85. The molecule has 1 aliphatic heterocycles. The Kier molecular flexibility index (Phi) is 2.98. The molecule has 0 saturated carbocycles. The van der Waals surface area contributed by atoms with Crippen molar-refractivity contribution >= 4 is 27.3 Å². The van der Waals surface area contributed by atoms with Gasteiger partial charge in [-0.3, -0.25) is 9.30 Å². The summed E-state index contributed by atoms with van der Waals surface area (Å²) in [5.41, 5.74) is 3.74. The van der Waals surface area contributed by atoms with Gasteiger partial charge in [-0.2, -0.15) is 0 Å². The van der Waals surface area contributed by atoms with Crippen LogP contribution in [0.5, 0.6) is 0 Å². The molecule has 0 saturated heterocycles. The van der Waals surface area contributed by atoms with Crippen molar-refractivity contribution in [3.8, 4) is 0 Å². The molecule has 1 aromatic carbocycles. The first-order valence-electron chi connectivity index (χ1n) is 7.08. The standard InChI is InChI=1S/C15H17N3OS/c19-9-3-7-17-8-6-13-14(10-17)20-15-16-11-4-1-2-5-12(11)18(13)15/h1-2,4-5,19H,3,6-10H2. The summed E-state index contributed by atoms with van der Waals surface area (Å²) in [6.45, 7) is 3.34. The van der Waals surface area contributed by atoms with Crippen LogP contribution < -0.4 is 0 Å². The van der Waals surface area contributed by atoms with Gasteiger partial charge in [0.15, 0.2) is 4.96 Å². The Morgan fingerprint density at radius 1 is 1.30 bits per heavy atom. The summed E-state index contributed by atoms with van der Waals surface area (Å²) in [5, 5.41) is 8.95. The van der Waals surface area contributed by atoms with Crippen molar-refractivity contribution < 1.29 is 5.11 Å². The largest absolute Gasteiger partial charge is 0.396 e. The Bertz CT molecular complexity index is 761. The van der Waals surface area contributed by atoms with Crippen molar-refractivity contribution in [2.45, 2.75) is 19.4 Å². The number of rotatable bonds is 3. The minimum atomic E-state index is 0.280. The summed E-state index contributed by atoms with van der Waals surface area (Å²) in [6.07, 6.45) is 1.93. The maximum atomic E-state index is 8.95. The molecule has 20 heavy (non-hydrogen) atoms. The third-order valence-corrected chi connectivity index (χ3v) is 5.07. The molecule has 0 amide bonds. The summed E-state index contributed by atoms with van der Waals surface area (Å²) < 4.78 is 2.33. The Morgan fingerprint density at radius 2 is 2.20 bits per heavy atom. The number of para-hydroxylation sites is 2. The van der Waals surface area contributed by atoms with E-state index in [4.69, 9.17) is 10.1 Å². The zero-order valence-corrected chi connectivity index (χ0v) is 12.1. The highest BCUT2D eigenvalue weighted by molar-refractivity contribution is 7.17. The summed E-state index contributed by atoms with van der Waals surface area (Å²) >= 11 is 1.81. The van der Waals surface area contributed by atoms with Gasteiger partial charge in [0, 0.05) is 43.2 Å². The highest BCUT2D eigenvalue weighted by atomic mass is 32.1. The molecule has 0 fully saturated rings. The van der Waals surface area contributed by atoms with Gasteiger partial charge >= 0.3 is 0 Å². The number of fused-ring (bicyclic) bond motifs is 5. The molecule has 4 rings (SSSR count). The normalized spacial score (nSPS) is 16.1. The molecule has 0 spiro atoms. The van der Waals surface area contributed by atoms with Gasteiger partial charge in [-0.15, -0.1) is 0 Å². The van der Waals surface area contributed by atoms with Gasteiger partial charge in [-0.25, -0.2) is 4.98 Å². The number of aromatic nitrogens is 2. The number of aliphatic hydroxyl groups excluding tert-OH is 1. The fraction of sp³-hybridized carbons (Fsp3) is 0.400. The first kappa shape index (κ1) is 12.3. The van der Waals surface area contributed by atoms with E-state index < -0.39 is 0 Å². The van der Waals surface area contributed by atoms with Gasteiger partial charge < -0.3 is 5.11 Å². The van der Waals surface area contributed by atoms with Gasteiger partial charge in [0.05, 0.1) is 11.0 Å². The van der Waals surface area contributed by atoms with E-state index in [1.54, 1.807) is 0 Å². The smallest absolute Gasteiger partial charge is 0.195 e. The Morgan fingerprint density at radius 3 is 3.10 bits per heavy atom. The second kappa shape index (κ2) is 4.84. The number of hydrogen-bond acceptors (Lipinski definition) is 4. The topological polar surface area (TPSA) is 40.8 Å². The van der Waals surface area contributed by atoms with Crippen LogP contribution in [0.2, 0.25) is 0 Å². The molecule has 0 unspecified atom stereocenters. The summed E-state index contributed by atoms with van der Waals surface area (Å²) in [5.74, 6) is 0. The molecule has 0 aliphatic carbocycles. The summed E-state index contributed by atoms with van der Waals surface area (Å²) in [6, 6.07) is 8.36. The van der Waals surface area contributed by atoms with Crippen LogP contribution in [0.4, 0.5) is 0 Å². The van der Waals surface area contributed by atoms with Gasteiger partial charge in [0.2, 0.25) is 0 Å². The highest BCUT2D eigenvalue weighted by Crippen LogP contribution is 2.31. The minimum absolute atomic E-state index is 0.280. The second-order valence-electron chi connectivity index (χ2n) is 5.29. The van der Waals surface area contributed by atoms with Crippen molar-refractivity contribution in [3.63, 3.8) is 0 Å². The van der Waals surface area contributed by atoms with E-state index >= 15 is 0 Å². The summed E-state index contributed by atoms with van der Waals surface area (Å²) in [7, 11) is 0. The molecule has 0 bridgehead atoms. The van der Waals surface area contributed by atoms with Crippen molar-refractivity contribution in [1.82, 2.24) is 14.3 Å². The second-order valence-corrected chi connectivity index (χ2v) is 6.36. The van der Waals surface area contributed by atoms with Crippen LogP contribution >= 0.6 is 11.3 Å². The van der Waals surface area contributed by atoms with Crippen LogP contribution in [0.25, 0.3) is 16.0 Å². The fourth-order valence-electron chi connectivity index (χ4n) is 3.03. The van der Waals surface area contributed by atoms with Crippen LogP contribution in [-0.2, 0) is 13.0 Å². The van der Waals surface area contributed by atoms with E-state index in [1.807, 2.05) is 17.4 Å². The number of hydrogen-bond donors (Lipinski definition) is 1. The van der Waals surface area contributed by atoms with Crippen molar-refractivity contribution in [2.24, 2.45) is 0 Å². The Labute approximate surface area is 121 Å². The predicted molar refractivity (Wildman–Crippen MR) is 81.3 cm³/mol. The molecule has 2 aromatic heterocycles. The van der Waals surface area contributed by atoms with Gasteiger partial charge in [-0.05, 0) is 18.6 Å². The molecular weight excluding hydrogens is 270 g/mol. The SMILES string of the molecule is OCCCN1CCc2c(sc3nc4ccccc4n23)C1. The van der Waals surface area contributed by atoms with Crippen LogP contribution in [0, 0.1) is 0 Å². The first-order valence-corrected chi connectivity index (χ1v) is 7.89. The van der Waals surface area contributed by atoms with E-state index in [9.17, 15) is 0 Å². The van der Waals surface area contributed by atoms with Crippen LogP contribution in [-0.4, -0.2) is 39.1 Å². The molecule has 3 aromatic rings. The number of thiazole rings is 1. The van der Waals surface area contributed by atoms with Gasteiger partial charge in [0.1, 0.15) is 0 Å². The fourth-order valence-corrected chi connectivity index (χ4v) is 4.26. The number of nitrogens with zero attached hydrogens (tertiary/aromatic N) is 3. The van der Waals surface area contributed by atoms with E-state index in [0.29, 0.717) is 0 Å². The van der Waals surface area contributed by atoms with Gasteiger partial charge in [0.25, 0.3) is 0 Å². The monoisotopic (exact) mass is 287 g/mol.